The van der Waals surface area contributed by atoms with Crippen LogP contribution in [0.5, 0.6) is 5.75 Å². The molecule has 2 aromatic carbocycles. The largest absolute Gasteiger partial charge is 0.495 e. The van der Waals surface area contributed by atoms with Crippen LogP contribution < -0.4 is 15.4 Å². The average Bonchev–Trinajstić information content (AvgIpc) is 2.53. The van der Waals surface area contributed by atoms with Gasteiger partial charge in [0.1, 0.15) is 11.4 Å². The van der Waals surface area contributed by atoms with E-state index in [4.69, 9.17) is 21.1 Å². The van der Waals surface area contributed by atoms with Gasteiger partial charge in [-0.3, -0.25) is 10.1 Å². The Labute approximate surface area is 157 Å². The van der Waals surface area contributed by atoms with E-state index >= 15 is 0 Å². The topological polar surface area (TPSA) is 76.7 Å². The minimum atomic E-state index is -0.580. The molecule has 0 unspecified atom stereocenters. The van der Waals surface area contributed by atoms with Crippen LogP contribution in [0.2, 0.25) is 5.02 Å². The summed E-state index contributed by atoms with van der Waals surface area (Å²) in [5, 5.41) is 5.77. The zero-order valence-electron chi connectivity index (χ0n) is 15.1. The van der Waals surface area contributed by atoms with Gasteiger partial charge in [-0.25, -0.2) is 4.79 Å². The van der Waals surface area contributed by atoms with Gasteiger partial charge in [-0.05, 0) is 63.2 Å². The molecule has 0 saturated carbocycles. The van der Waals surface area contributed by atoms with Gasteiger partial charge in [0.2, 0.25) is 0 Å². The van der Waals surface area contributed by atoms with E-state index in [9.17, 15) is 9.59 Å². The maximum Gasteiger partial charge on any atom is 0.412 e. The van der Waals surface area contributed by atoms with E-state index in [0.29, 0.717) is 27.7 Å². The SMILES string of the molecule is COc1ccc(NC(=O)c2ccc(NC(=O)OC(C)(C)C)cc2)cc1Cl. The number of hydrogen-bond acceptors (Lipinski definition) is 4. The summed E-state index contributed by atoms with van der Waals surface area (Å²) in [7, 11) is 1.52. The summed E-state index contributed by atoms with van der Waals surface area (Å²) in [5.74, 6) is 0.234. The van der Waals surface area contributed by atoms with Crippen LogP contribution >= 0.6 is 11.6 Å². The second kappa shape index (κ2) is 8.10. The fraction of sp³-hybridized carbons (Fsp3) is 0.263. The molecule has 0 fully saturated rings. The first kappa shape index (κ1) is 19.6. The van der Waals surface area contributed by atoms with Crippen molar-refractivity contribution >= 4 is 35.0 Å². The van der Waals surface area contributed by atoms with Crippen molar-refractivity contribution in [3.63, 3.8) is 0 Å². The third-order valence-electron chi connectivity index (χ3n) is 3.20. The van der Waals surface area contributed by atoms with Gasteiger partial charge in [0.25, 0.3) is 5.91 Å². The number of anilines is 2. The summed E-state index contributed by atoms with van der Waals surface area (Å²) in [6.07, 6.45) is -0.553. The highest BCUT2D eigenvalue weighted by Gasteiger charge is 2.16. The maximum absolute atomic E-state index is 12.3. The van der Waals surface area contributed by atoms with Gasteiger partial charge in [-0.15, -0.1) is 0 Å². The summed E-state index contributed by atoms with van der Waals surface area (Å²) >= 11 is 6.05. The van der Waals surface area contributed by atoms with Crippen LogP contribution in [0.25, 0.3) is 0 Å². The molecule has 0 heterocycles. The Morgan fingerprint density at radius 1 is 0.962 bits per heavy atom. The molecule has 0 atom stereocenters. The van der Waals surface area contributed by atoms with E-state index in [1.54, 1.807) is 63.2 Å². The number of methoxy groups -OCH3 is 1. The first-order valence-corrected chi connectivity index (χ1v) is 8.31. The fourth-order valence-corrected chi connectivity index (χ4v) is 2.33. The lowest BCUT2D eigenvalue weighted by molar-refractivity contribution is 0.0636. The number of amides is 2. The molecule has 0 aliphatic heterocycles. The molecule has 0 spiro atoms. The van der Waals surface area contributed by atoms with Crippen molar-refractivity contribution in [2.45, 2.75) is 26.4 Å². The van der Waals surface area contributed by atoms with Crippen LogP contribution in [0.1, 0.15) is 31.1 Å². The second-order valence-corrected chi connectivity index (χ2v) is 6.91. The van der Waals surface area contributed by atoms with Crippen molar-refractivity contribution in [1.29, 1.82) is 0 Å². The zero-order chi connectivity index (χ0) is 19.3. The number of hydrogen-bond donors (Lipinski definition) is 2. The van der Waals surface area contributed by atoms with E-state index in [-0.39, 0.29) is 5.91 Å². The van der Waals surface area contributed by atoms with Crippen molar-refractivity contribution in [3.8, 4) is 5.75 Å². The first-order chi connectivity index (χ1) is 12.2. The van der Waals surface area contributed by atoms with Gasteiger partial charge in [0.15, 0.2) is 0 Å². The molecule has 0 bridgehead atoms. The third kappa shape index (κ3) is 5.67. The number of carbonyl (C=O) groups excluding carboxylic acids is 2. The Kier molecular flexibility index (Phi) is 6.10. The quantitative estimate of drug-likeness (QED) is 0.791. The van der Waals surface area contributed by atoms with Crippen molar-refractivity contribution in [2.24, 2.45) is 0 Å². The second-order valence-electron chi connectivity index (χ2n) is 6.51. The lowest BCUT2D eigenvalue weighted by Gasteiger charge is -2.19. The molecule has 26 heavy (non-hydrogen) atoms. The fourth-order valence-electron chi connectivity index (χ4n) is 2.07. The third-order valence-corrected chi connectivity index (χ3v) is 3.50. The van der Waals surface area contributed by atoms with Gasteiger partial charge in [0, 0.05) is 16.9 Å². The van der Waals surface area contributed by atoms with E-state index in [1.165, 1.54) is 7.11 Å². The average molecular weight is 377 g/mol. The number of nitrogens with one attached hydrogen (secondary N) is 2. The van der Waals surface area contributed by atoms with E-state index in [0.717, 1.165) is 0 Å². The molecule has 7 heteroatoms. The molecule has 0 aromatic heterocycles. The predicted molar refractivity (Wildman–Crippen MR) is 102 cm³/mol. The highest BCUT2D eigenvalue weighted by atomic mass is 35.5. The number of benzene rings is 2. The lowest BCUT2D eigenvalue weighted by Crippen LogP contribution is -2.27. The van der Waals surface area contributed by atoms with E-state index < -0.39 is 11.7 Å². The first-order valence-electron chi connectivity index (χ1n) is 7.93. The minimum absolute atomic E-state index is 0.296. The van der Waals surface area contributed by atoms with Crippen LogP contribution in [0.4, 0.5) is 16.2 Å². The molecular weight excluding hydrogens is 356 g/mol. The van der Waals surface area contributed by atoms with Gasteiger partial charge >= 0.3 is 6.09 Å². The van der Waals surface area contributed by atoms with Crippen LogP contribution in [0.15, 0.2) is 42.5 Å². The van der Waals surface area contributed by atoms with Crippen LogP contribution in [0.3, 0.4) is 0 Å². The highest BCUT2D eigenvalue weighted by molar-refractivity contribution is 6.32. The molecule has 0 radical (unpaired) electrons. The molecule has 2 rings (SSSR count). The molecule has 0 aliphatic carbocycles. The van der Waals surface area contributed by atoms with E-state index in [1.807, 2.05) is 0 Å². The molecule has 2 N–H and O–H groups in total. The smallest absolute Gasteiger partial charge is 0.412 e. The van der Waals surface area contributed by atoms with Gasteiger partial charge in [0.05, 0.1) is 12.1 Å². The number of carbonyl (C=O) groups is 2. The lowest BCUT2D eigenvalue weighted by atomic mass is 10.2. The van der Waals surface area contributed by atoms with Crippen molar-refractivity contribution in [1.82, 2.24) is 0 Å². The minimum Gasteiger partial charge on any atom is -0.495 e. The van der Waals surface area contributed by atoms with Crippen LogP contribution in [-0.2, 0) is 4.74 Å². The molecule has 2 amide bonds. The van der Waals surface area contributed by atoms with Crippen LogP contribution in [0, 0.1) is 0 Å². The normalized spacial score (nSPS) is 10.8. The van der Waals surface area contributed by atoms with Crippen molar-refractivity contribution in [2.75, 3.05) is 17.7 Å². The Bertz CT molecular complexity index is 798. The summed E-state index contributed by atoms with van der Waals surface area (Å²) in [4.78, 5) is 24.0. The summed E-state index contributed by atoms with van der Waals surface area (Å²) in [6.45, 7) is 5.35. The monoisotopic (exact) mass is 376 g/mol. The highest BCUT2D eigenvalue weighted by Crippen LogP contribution is 2.27. The van der Waals surface area contributed by atoms with Gasteiger partial charge in [-0.1, -0.05) is 11.6 Å². The van der Waals surface area contributed by atoms with Crippen LogP contribution in [-0.4, -0.2) is 24.7 Å². The molecule has 2 aromatic rings. The number of rotatable bonds is 4. The zero-order valence-corrected chi connectivity index (χ0v) is 15.8. The van der Waals surface area contributed by atoms with Crippen molar-refractivity contribution < 1.29 is 19.1 Å². The standard InChI is InChI=1S/C19H21ClN2O4/c1-19(2,3)26-18(24)22-13-7-5-12(6-8-13)17(23)21-14-9-10-16(25-4)15(20)11-14/h5-11H,1-4H3,(H,21,23)(H,22,24). The molecule has 6 nitrogen and oxygen atoms in total. The van der Waals surface area contributed by atoms with Gasteiger partial charge < -0.3 is 14.8 Å². The Hall–Kier alpha value is -2.73. The van der Waals surface area contributed by atoms with E-state index in [2.05, 4.69) is 10.6 Å². The molecule has 0 aliphatic rings. The summed E-state index contributed by atoms with van der Waals surface area (Å²) in [6, 6.07) is 11.4. The predicted octanol–water partition coefficient (Wildman–Crippen LogP) is 4.95. The molecule has 138 valence electrons. The number of ether oxygens (including phenoxy) is 2. The summed E-state index contributed by atoms with van der Waals surface area (Å²) < 4.78 is 10.3. The maximum atomic E-state index is 12.3. The molecule has 0 saturated heterocycles. The Balaban J connectivity index is 2.00. The Morgan fingerprint density at radius 3 is 2.12 bits per heavy atom. The van der Waals surface area contributed by atoms with Gasteiger partial charge in [-0.2, -0.15) is 0 Å². The Morgan fingerprint density at radius 2 is 1.58 bits per heavy atom. The molecular formula is C19H21ClN2O4. The number of halogens is 1. The summed E-state index contributed by atoms with van der Waals surface area (Å²) in [5.41, 5.74) is 0.940. The van der Waals surface area contributed by atoms with Crippen molar-refractivity contribution in [3.05, 3.63) is 53.1 Å².